The molecule has 1 amide bonds. The summed E-state index contributed by atoms with van der Waals surface area (Å²) in [4.78, 5) is 17.1. The second kappa shape index (κ2) is 10.2. The Bertz CT molecular complexity index is 906. The van der Waals surface area contributed by atoms with Crippen molar-refractivity contribution >= 4 is 17.5 Å². The molecule has 6 heteroatoms. The minimum Gasteiger partial charge on any atom is -0.351 e. The van der Waals surface area contributed by atoms with E-state index in [2.05, 4.69) is 26.3 Å². The van der Waals surface area contributed by atoms with E-state index in [-0.39, 0.29) is 5.91 Å². The van der Waals surface area contributed by atoms with Crippen molar-refractivity contribution in [3.05, 3.63) is 53.1 Å². The average molecular weight is 469 g/mol. The fraction of sp³-hybridized carbons (Fsp3) is 0.630. The van der Waals surface area contributed by atoms with Crippen molar-refractivity contribution in [2.75, 3.05) is 19.6 Å². The van der Waals surface area contributed by atoms with Gasteiger partial charge in [0.05, 0.1) is 16.9 Å². The van der Waals surface area contributed by atoms with Crippen molar-refractivity contribution in [2.45, 2.75) is 64.3 Å². The lowest BCUT2D eigenvalue weighted by Crippen LogP contribution is -2.51. The summed E-state index contributed by atoms with van der Waals surface area (Å²) in [6.07, 6.45) is 17.0. The Morgan fingerprint density at radius 1 is 1.09 bits per heavy atom. The molecule has 1 aromatic heterocycles. The first kappa shape index (κ1) is 22.9. The molecule has 6 rings (SSSR count). The van der Waals surface area contributed by atoms with Crippen LogP contribution in [0.3, 0.4) is 0 Å². The molecular formula is C27H37ClN4O. The predicted octanol–water partition coefficient (Wildman–Crippen LogP) is 5.10. The van der Waals surface area contributed by atoms with Gasteiger partial charge in [-0.2, -0.15) is 0 Å². The molecule has 4 bridgehead atoms. The van der Waals surface area contributed by atoms with Crippen LogP contribution in [0.4, 0.5) is 0 Å². The fourth-order valence-electron chi connectivity index (χ4n) is 7.12. The lowest BCUT2D eigenvalue weighted by molar-refractivity contribution is -0.0503. The van der Waals surface area contributed by atoms with Gasteiger partial charge in [0.25, 0.3) is 5.91 Å². The van der Waals surface area contributed by atoms with Gasteiger partial charge in [-0.3, -0.25) is 4.79 Å². The number of hydrogen-bond acceptors (Lipinski definition) is 3. The Morgan fingerprint density at radius 3 is 2.52 bits per heavy atom. The van der Waals surface area contributed by atoms with E-state index in [1.54, 1.807) is 0 Å². The fourth-order valence-corrected chi connectivity index (χ4v) is 7.32. The monoisotopic (exact) mass is 468 g/mol. The number of hydrogen-bond donors (Lipinski definition) is 2. The van der Waals surface area contributed by atoms with Crippen LogP contribution < -0.4 is 10.6 Å². The van der Waals surface area contributed by atoms with Gasteiger partial charge in [0, 0.05) is 25.5 Å². The number of nitrogens with one attached hydrogen (secondary N) is 2. The van der Waals surface area contributed by atoms with Crippen molar-refractivity contribution in [3.63, 3.8) is 0 Å². The lowest BCUT2D eigenvalue weighted by Gasteiger charge is -2.56. The SMILES string of the molecule is O=C(NCC12CC3CC(CC(C3)C1)C2)c1cc(CCCNCCCn2ccnc2)ccc1Cl. The molecule has 178 valence electrons. The predicted molar refractivity (Wildman–Crippen MR) is 132 cm³/mol. The molecule has 33 heavy (non-hydrogen) atoms. The molecule has 0 spiro atoms. The number of aromatic nitrogens is 2. The van der Waals surface area contributed by atoms with Crippen LogP contribution in [0.2, 0.25) is 5.02 Å². The van der Waals surface area contributed by atoms with E-state index in [1.807, 2.05) is 30.9 Å². The van der Waals surface area contributed by atoms with Crippen LogP contribution in [-0.2, 0) is 13.0 Å². The first-order valence-electron chi connectivity index (χ1n) is 12.8. The van der Waals surface area contributed by atoms with Crippen LogP contribution in [0.25, 0.3) is 0 Å². The molecule has 4 aliphatic carbocycles. The Labute approximate surface area is 202 Å². The van der Waals surface area contributed by atoms with E-state index in [0.717, 1.165) is 63.2 Å². The zero-order valence-electron chi connectivity index (χ0n) is 19.6. The van der Waals surface area contributed by atoms with E-state index in [1.165, 1.54) is 44.1 Å². The molecule has 0 radical (unpaired) electrons. The maximum absolute atomic E-state index is 13.0. The Hall–Kier alpha value is -1.85. The molecule has 0 aliphatic heterocycles. The van der Waals surface area contributed by atoms with Gasteiger partial charge in [-0.1, -0.05) is 17.7 Å². The summed E-state index contributed by atoms with van der Waals surface area (Å²) in [5.41, 5.74) is 2.16. The van der Waals surface area contributed by atoms with Crippen LogP contribution in [-0.4, -0.2) is 35.1 Å². The number of rotatable bonds is 11. The zero-order valence-corrected chi connectivity index (χ0v) is 20.3. The molecule has 4 fully saturated rings. The normalized spacial score (nSPS) is 27.7. The van der Waals surface area contributed by atoms with E-state index in [0.29, 0.717) is 16.0 Å². The standard InChI is InChI=1S/C27H37ClN4O/c28-25-5-4-20(3-1-6-29-7-2-9-32-10-8-30-19-32)14-24(25)26(33)31-18-27-15-21-11-22(16-27)13-23(12-21)17-27/h4-5,8,10,14,19,21-23,29H,1-3,6-7,9,11-13,15-18H2,(H,31,33). The van der Waals surface area contributed by atoms with E-state index >= 15 is 0 Å². The second-order valence-electron chi connectivity index (χ2n) is 10.9. The number of amides is 1. The molecule has 2 aromatic rings. The number of imidazole rings is 1. The third-order valence-electron chi connectivity index (χ3n) is 8.21. The van der Waals surface area contributed by atoms with E-state index in [9.17, 15) is 4.79 Å². The molecule has 0 saturated heterocycles. The topological polar surface area (TPSA) is 59.0 Å². The minimum absolute atomic E-state index is 0.00442. The molecule has 0 atom stereocenters. The molecule has 4 saturated carbocycles. The molecule has 0 unspecified atom stereocenters. The molecule has 4 aliphatic rings. The summed E-state index contributed by atoms with van der Waals surface area (Å²) in [5, 5.41) is 7.35. The van der Waals surface area contributed by atoms with Gasteiger partial charge in [0.1, 0.15) is 0 Å². The highest BCUT2D eigenvalue weighted by Crippen LogP contribution is 2.59. The van der Waals surface area contributed by atoms with Crippen molar-refractivity contribution in [3.8, 4) is 0 Å². The summed E-state index contributed by atoms with van der Waals surface area (Å²) in [6.45, 7) is 3.78. The molecule has 5 nitrogen and oxygen atoms in total. The lowest BCUT2D eigenvalue weighted by atomic mass is 9.49. The van der Waals surface area contributed by atoms with Crippen LogP contribution in [0.1, 0.15) is 67.3 Å². The Morgan fingerprint density at radius 2 is 1.82 bits per heavy atom. The van der Waals surface area contributed by atoms with Crippen LogP contribution >= 0.6 is 11.6 Å². The van der Waals surface area contributed by atoms with Gasteiger partial charge in [-0.25, -0.2) is 4.98 Å². The third kappa shape index (κ3) is 5.63. The summed E-state index contributed by atoms with van der Waals surface area (Å²) in [7, 11) is 0. The summed E-state index contributed by atoms with van der Waals surface area (Å²) in [5.74, 6) is 2.70. The van der Waals surface area contributed by atoms with Gasteiger partial charge in [-0.05, 0) is 112 Å². The number of carbonyl (C=O) groups excluding carboxylic acids is 1. The quantitative estimate of drug-likeness (QED) is 0.451. The zero-order chi connectivity index (χ0) is 22.7. The second-order valence-corrected chi connectivity index (χ2v) is 11.3. The van der Waals surface area contributed by atoms with Crippen LogP contribution in [0, 0.1) is 23.2 Å². The van der Waals surface area contributed by atoms with Gasteiger partial charge in [-0.15, -0.1) is 0 Å². The van der Waals surface area contributed by atoms with Crippen molar-refractivity contribution in [1.82, 2.24) is 20.2 Å². The molecule has 2 N–H and O–H groups in total. The molecule has 1 aromatic carbocycles. The van der Waals surface area contributed by atoms with E-state index < -0.39 is 0 Å². The number of carbonyl (C=O) groups is 1. The maximum atomic E-state index is 13.0. The van der Waals surface area contributed by atoms with Crippen molar-refractivity contribution in [1.29, 1.82) is 0 Å². The highest BCUT2D eigenvalue weighted by Gasteiger charge is 2.50. The summed E-state index contributed by atoms with van der Waals surface area (Å²) >= 11 is 6.43. The number of aryl methyl sites for hydroxylation is 2. The Kier molecular flexibility index (Phi) is 7.07. The number of halogens is 1. The molecule has 1 heterocycles. The summed E-state index contributed by atoms with van der Waals surface area (Å²) < 4.78 is 2.10. The van der Waals surface area contributed by atoms with Crippen LogP contribution in [0.15, 0.2) is 36.9 Å². The highest BCUT2D eigenvalue weighted by atomic mass is 35.5. The summed E-state index contributed by atoms with van der Waals surface area (Å²) in [6, 6.07) is 5.93. The third-order valence-corrected chi connectivity index (χ3v) is 8.54. The van der Waals surface area contributed by atoms with Gasteiger partial charge >= 0.3 is 0 Å². The minimum atomic E-state index is -0.00442. The first-order chi connectivity index (χ1) is 16.1. The first-order valence-corrected chi connectivity index (χ1v) is 13.2. The van der Waals surface area contributed by atoms with Crippen molar-refractivity contribution in [2.24, 2.45) is 23.2 Å². The smallest absolute Gasteiger partial charge is 0.252 e. The number of nitrogens with zero attached hydrogens (tertiary/aromatic N) is 2. The van der Waals surface area contributed by atoms with Gasteiger partial charge in [0.2, 0.25) is 0 Å². The largest absolute Gasteiger partial charge is 0.351 e. The maximum Gasteiger partial charge on any atom is 0.252 e. The number of benzene rings is 1. The average Bonchev–Trinajstić information content (AvgIpc) is 3.30. The molecular weight excluding hydrogens is 432 g/mol. The highest BCUT2D eigenvalue weighted by molar-refractivity contribution is 6.33. The van der Waals surface area contributed by atoms with Gasteiger partial charge < -0.3 is 15.2 Å². The van der Waals surface area contributed by atoms with E-state index in [4.69, 9.17) is 11.6 Å². The van der Waals surface area contributed by atoms with Gasteiger partial charge in [0.15, 0.2) is 0 Å². The Balaban J connectivity index is 1.06. The van der Waals surface area contributed by atoms with Crippen molar-refractivity contribution < 1.29 is 4.79 Å². The van der Waals surface area contributed by atoms with Crippen LogP contribution in [0.5, 0.6) is 0 Å².